The van der Waals surface area contributed by atoms with E-state index in [-0.39, 0.29) is 5.41 Å². The SMILES string of the molecule is CC.CC.CC.Cc1ccc2oc3ccc(-c4cccc(-c5ccc6oc7ccccc7c6c5)c4)cc3c2c1.Cc1ccc2oc3ccc(C4=CC(C)(C)c5c4oc4ccccc54)cc3c2c1. The predicted octanol–water partition coefficient (Wildman–Crippen LogP) is 19.6. The Bertz CT molecular complexity index is 3760. The molecule has 0 radical (unpaired) electrons. The van der Waals surface area contributed by atoms with Gasteiger partial charge in [-0.15, -0.1) is 0 Å². The van der Waals surface area contributed by atoms with E-state index in [9.17, 15) is 0 Å². The fourth-order valence-corrected chi connectivity index (χ4v) is 9.50. The molecule has 12 aromatic rings. The lowest BCUT2D eigenvalue weighted by molar-refractivity contribution is 0.588. The lowest BCUT2D eigenvalue weighted by Gasteiger charge is -2.15. The smallest absolute Gasteiger partial charge is 0.139 e. The molecular weight excluding hydrogens is 821 g/mol. The molecule has 13 rings (SSSR count). The Hall–Kier alpha value is -7.56. The van der Waals surface area contributed by atoms with E-state index in [2.05, 4.69) is 179 Å². The molecule has 0 amide bonds. The van der Waals surface area contributed by atoms with Crippen molar-refractivity contribution in [3.8, 4) is 22.3 Å². The van der Waals surface area contributed by atoms with Crippen LogP contribution in [-0.2, 0) is 5.41 Å². The third kappa shape index (κ3) is 8.01. The number of hydrogen-bond acceptors (Lipinski definition) is 4. The number of aryl methyl sites for hydroxylation is 2. The summed E-state index contributed by atoms with van der Waals surface area (Å²) in [5, 5.41) is 8.15. The number of furan rings is 4. The third-order valence-corrected chi connectivity index (χ3v) is 12.5. The second kappa shape index (κ2) is 18.4. The molecule has 0 fully saturated rings. The summed E-state index contributed by atoms with van der Waals surface area (Å²) in [5.41, 5.74) is 17.3. The average Bonchev–Trinajstić information content (AvgIpc) is 4.19. The highest BCUT2D eigenvalue weighted by Crippen LogP contribution is 2.49. The molecule has 4 nitrogen and oxygen atoms in total. The number of rotatable bonds is 3. The Morgan fingerprint density at radius 2 is 0.687 bits per heavy atom. The number of allylic oxidation sites excluding steroid dienone is 1. The molecule has 0 saturated carbocycles. The lowest BCUT2D eigenvalue weighted by atomic mass is 9.87. The van der Waals surface area contributed by atoms with Crippen LogP contribution in [0.4, 0.5) is 0 Å². The summed E-state index contributed by atoms with van der Waals surface area (Å²) in [6.07, 6.45) is 2.34. The van der Waals surface area contributed by atoms with Gasteiger partial charge in [0.15, 0.2) is 0 Å². The van der Waals surface area contributed by atoms with Crippen LogP contribution in [0.25, 0.3) is 105 Å². The molecule has 0 aliphatic heterocycles. The fourth-order valence-electron chi connectivity index (χ4n) is 9.50. The Morgan fingerprint density at radius 1 is 0.313 bits per heavy atom. The first-order valence-corrected chi connectivity index (χ1v) is 23.9. The van der Waals surface area contributed by atoms with Crippen molar-refractivity contribution < 1.29 is 17.7 Å². The largest absolute Gasteiger partial charge is 0.456 e. The maximum absolute atomic E-state index is 6.32. The maximum atomic E-state index is 6.32. The third-order valence-electron chi connectivity index (χ3n) is 12.5. The number of fused-ring (bicyclic) bond motifs is 12. The Labute approximate surface area is 393 Å². The average molecular weight is 879 g/mol. The predicted molar refractivity (Wildman–Crippen MR) is 285 cm³/mol. The van der Waals surface area contributed by atoms with Gasteiger partial charge in [0.05, 0.1) is 0 Å². The van der Waals surface area contributed by atoms with Crippen LogP contribution < -0.4 is 0 Å². The Balaban J connectivity index is 0.000000153. The molecule has 0 saturated heterocycles. The summed E-state index contributed by atoms with van der Waals surface area (Å²) in [6.45, 7) is 20.8. The first-order valence-electron chi connectivity index (χ1n) is 23.9. The minimum atomic E-state index is -0.0682. The second-order valence-electron chi connectivity index (χ2n) is 17.1. The van der Waals surface area contributed by atoms with E-state index < -0.39 is 0 Å². The van der Waals surface area contributed by atoms with Crippen molar-refractivity contribution in [3.05, 3.63) is 198 Å². The van der Waals surface area contributed by atoms with Crippen LogP contribution in [0.1, 0.15) is 83.4 Å². The van der Waals surface area contributed by atoms with Crippen molar-refractivity contribution >= 4 is 82.4 Å². The highest BCUT2D eigenvalue weighted by atomic mass is 16.3. The fraction of sp³-hybridized carbons (Fsp3) is 0.175. The van der Waals surface area contributed by atoms with E-state index in [1.807, 2.05) is 59.7 Å². The highest BCUT2D eigenvalue weighted by Gasteiger charge is 2.36. The van der Waals surface area contributed by atoms with Crippen molar-refractivity contribution in [1.82, 2.24) is 0 Å². The summed E-state index contributed by atoms with van der Waals surface area (Å²) in [5.74, 6) is 0.995. The minimum absolute atomic E-state index is 0.0682. The van der Waals surface area contributed by atoms with Crippen LogP contribution in [0.2, 0.25) is 0 Å². The summed E-state index contributed by atoms with van der Waals surface area (Å²) in [6, 6.07) is 57.3. The Morgan fingerprint density at radius 3 is 1.21 bits per heavy atom. The van der Waals surface area contributed by atoms with Gasteiger partial charge >= 0.3 is 0 Å². The van der Waals surface area contributed by atoms with Gasteiger partial charge in [-0.05, 0) is 121 Å². The summed E-state index contributed by atoms with van der Waals surface area (Å²) < 4.78 is 24.4. The van der Waals surface area contributed by atoms with Gasteiger partial charge in [0.2, 0.25) is 0 Å². The molecular formula is C63H58O4. The molecule has 334 valence electrons. The van der Waals surface area contributed by atoms with Gasteiger partial charge in [0.25, 0.3) is 0 Å². The van der Waals surface area contributed by atoms with Gasteiger partial charge in [-0.1, -0.05) is 158 Å². The van der Waals surface area contributed by atoms with Gasteiger partial charge in [-0.2, -0.15) is 0 Å². The molecule has 0 N–H and O–H groups in total. The van der Waals surface area contributed by atoms with E-state index in [0.717, 1.165) is 66.4 Å². The van der Waals surface area contributed by atoms with Crippen molar-refractivity contribution in [1.29, 1.82) is 0 Å². The summed E-state index contributed by atoms with van der Waals surface area (Å²) in [7, 11) is 0. The first-order chi connectivity index (χ1) is 32.7. The van der Waals surface area contributed by atoms with Crippen LogP contribution in [0.5, 0.6) is 0 Å². The lowest BCUT2D eigenvalue weighted by Crippen LogP contribution is -2.09. The normalized spacial score (nSPS) is 12.5. The van der Waals surface area contributed by atoms with E-state index in [4.69, 9.17) is 17.7 Å². The molecule has 0 spiro atoms. The number of hydrogen-bond donors (Lipinski definition) is 0. The monoisotopic (exact) mass is 878 g/mol. The number of para-hydroxylation sites is 2. The number of benzene rings is 8. The summed E-state index contributed by atoms with van der Waals surface area (Å²) >= 11 is 0. The van der Waals surface area contributed by atoms with Crippen molar-refractivity contribution in [2.45, 2.75) is 74.7 Å². The molecule has 8 aromatic carbocycles. The van der Waals surface area contributed by atoms with Crippen molar-refractivity contribution in [3.63, 3.8) is 0 Å². The first kappa shape index (κ1) is 44.6. The van der Waals surface area contributed by atoms with E-state index in [1.54, 1.807) is 0 Å². The molecule has 1 aliphatic carbocycles. The summed E-state index contributed by atoms with van der Waals surface area (Å²) in [4.78, 5) is 0. The molecule has 4 aromatic heterocycles. The van der Waals surface area contributed by atoms with E-state index in [0.29, 0.717) is 0 Å². The second-order valence-corrected chi connectivity index (χ2v) is 17.1. The standard InChI is InChI=1S/C31H20O2.C26H20O2.3C2H6/c1-19-9-12-29-25(15-19)27-18-23(11-14-31(27)33-29)21-6-4-5-20(16-21)22-10-13-30-26(17-22)24-7-2-3-8-28(24)32-30;1-15-8-10-22-18(12-15)19-13-16(9-11-23(19)27-22)20-14-26(2,3)24-17-6-4-5-7-21(17)28-25(20)24;3*1-2/h2-18H,1H3;4-14H,1-3H3;3*1-2H3. The topological polar surface area (TPSA) is 52.6 Å². The quantitative estimate of drug-likeness (QED) is 0.177. The Kier molecular flexibility index (Phi) is 12.2. The van der Waals surface area contributed by atoms with Gasteiger partial charge in [0, 0.05) is 54.3 Å². The molecule has 4 heterocycles. The van der Waals surface area contributed by atoms with Crippen LogP contribution in [0.15, 0.2) is 188 Å². The molecule has 0 atom stereocenters. The zero-order valence-electron chi connectivity index (χ0n) is 40.3. The highest BCUT2D eigenvalue weighted by molar-refractivity contribution is 6.09. The van der Waals surface area contributed by atoms with Gasteiger partial charge < -0.3 is 17.7 Å². The van der Waals surface area contributed by atoms with Crippen LogP contribution >= 0.6 is 0 Å². The molecule has 67 heavy (non-hydrogen) atoms. The van der Waals surface area contributed by atoms with Crippen LogP contribution in [-0.4, -0.2) is 0 Å². The van der Waals surface area contributed by atoms with Crippen molar-refractivity contribution in [2.24, 2.45) is 0 Å². The van der Waals surface area contributed by atoms with E-state index in [1.165, 1.54) is 66.2 Å². The zero-order chi connectivity index (χ0) is 47.0. The maximum Gasteiger partial charge on any atom is 0.139 e. The molecule has 1 aliphatic rings. The van der Waals surface area contributed by atoms with Gasteiger partial charge in [0.1, 0.15) is 44.8 Å². The minimum Gasteiger partial charge on any atom is -0.456 e. The van der Waals surface area contributed by atoms with Gasteiger partial charge in [-0.25, -0.2) is 0 Å². The van der Waals surface area contributed by atoms with Crippen molar-refractivity contribution in [2.75, 3.05) is 0 Å². The van der Waals surface area contributed by atoms with E-state index >= 15 is 0 Å². The molecule has 0 unspecified atom stereocenters. The van der Waals surface area contributed by atoms with Crippen LogP contribution in [0, 0.1) is 13.8 Å². The molecule has 4 heteroatoms. The van der Waals surface area contributed by atoms with Gasteiger partial charge in [-0.3, -0.25) is 0 Å². The van der Waals surface area contributed by atoms with Crippen LogP contribution in [0.3, 0.4) is 0 Å². The molecule has 0 bridgehead atoms. The zero-order valence-corrected chi connectivity index (χ0v) is 40.3.